The largest absolute Gasteiger partial charge is 0.479 e. The third kappa shape index (κ3) is 3.05. The summed E-state index contributed by atoms with van der Waals surface area (Å²) < 4.78 is 56.7. The maximum Gasteiger partial charge on any atom is 0.475 e. The second kappa shape index (κ2) is 6.60. The Morgan fingerprint density at radius 2 is 2.21 bits per heavy atom. The van der Waals surface area contributed by atoms with Crippen molar-refractivity contribution in [1.29, 1.82) is 0 Å². The zero-order valence-electron chi connectivity index (χ0n) is 15.7. The van der Waals surface area contributed by atoms with E-state index in [4.69, 9.17) is 28.8 Å². The first kappa shape index (κ1) is 19.5. The molecular formula is C15H21FN5O6P. The number of alkyl halides is 1. The average Bonchev–Trinajstić information content (AvgIpc) is 3.12. The summed E-state index contributed by atoms with van der Waals surface area (Å²) in [4.78, 5) is 12.3. The van der Waals surface area contributed by atoms with Crippen molar-refractivity contribution in [3.63, 3.8) is 0 Å². The van der Waals surface area contributed by atoms with Crippen molar-refractivity contribution in [2.75, 3.05) is 19.5 Å². The highest BCUT2D eigenvalue weighted by Crippen LogP contribution is 2.60. The molecule has 0 saturated carbocycles. The number of nitrogens with two attached hydrogens (primary N) is 1. The second-order valence-electron chi connectivity index (χ2n) is 7.02. The Kier molecular flexibility index (Phi) is 4.59. The molecule has 1 unspecified atom stereocenters. The summed E-state index contributed by atoms with van der Waals surface area (Å²) in [7, 11) is -2.49. The Hall–Kier alpha value is -1.85. The van der Waals surface area contributed by atoms with Crippen LogP contribution in [-0.2, 0) is 22.9 Å². The second-order valence-corrected chi connectivity index (χ2v) is 8.59. The van der Waals surface area contributed by atoms with E-state index in [1.165, 1.54) is 24.9 Å². The minimum atomic E-state index is -3.90. The third-order valence-electron chi connectivity index (χ3n) is 4.51. The molecule has 13 heteroatoms. The van der Waals surface area contributed by atoms with Crippen molar-refractivity contribution >= 4 is 24.9 Å². The van der Waals surface area contributed by atoms with Crippen LogP contribution >= 0.6 is 7.82 Å². The smallest absolute Gasteiger partial charge is 0.475 e. The normalized spacial score (nSPS) is 35.4. The minimum Gasteiger partial charge on any atom is -0.479 e. The molecule has 28 heavy (non-hydrogen) atoms. The Morgan fingerprint density at radius 3 is 2.89 bits per heavy atom. The lowest BCUT2D eigenvalue weighted by Crippen LogP contribution is -2.45. The minimum absolute atomic E-state index is 0.0588. The van der Waals surface area contributed by atoms with Crippen LogP contribution in [0, 0.1) is 0 Å². The zero-order chi connectivity index (χ0) is 20.3. The molecule has 0 radical (unpaired) electrons. The molecule has 11 nitrogen and oxygen atoms in total. The van der Waals surface area contributed by atoms with Crippen LogP contribution in [0.5, 0.6) is 5.88 Å². The summed E-state index contributed by atoms with van der Waals surface area (Å²) in [5, 5.41) is 0. The summed E-state index contributed by atoms with van der Waals surface area (Å²) in [6.07, 6.45) is -2.21. The van der Waals surface area contributed by atoms with E-state index in [9.17, 15) is 4.57 Å². The van der Waals surface area contributed by atoms with Gasteiger partial charge in [-0.25, -0.2) is 13.9 Å². The Labute approximate surface area is 159 Å². The number of aromatic nitrogens is 4. The Bertz CT molecular complexity index is 952. The number of phosphoric ester groups is 1. The fraction of sp³-hybridized carbons (Fsp3) is 0.667. The topological polar surface area (TPSA) is 133 Å². The van der Waals surface area contributed by atoms with Crippen LogP contribution in [0.2, 0.25) is 0 Å². The lowest BCUT2D eigenvalue weighted by molar-refractivity contribution is -0.0733. The van der Waals surface area contributed by atoms with E-state index in [-0.39, 0.29) is 24.1 Å². The summed E-state index contributed by atoms with van der Waals surface area (Å²) in [5.74, 6) is 0.100. The van der Waals surface area contributed by atoms with Gasteiger partial charge in [-0.1, -0.05) is 0 Å². The molecule has 2 saturated heterocycles. The Morgan fingerprint density at radius 1 is 1.46 bits per heavy atom. The summed E-state index contributed by atoms with van der Waals surface area (Å²) in [5.41, 5.74) is 4.16. The molecule has 2 N–H and O–H groups in total. The molecule has 2 aliphatic heterocycles. The van der Waals surface area contributed by atoms with Crippen molar-refractivity contribution in [2.45, 2.75) is 51.0 Å². The van der Waals surface area contributed by atoms with Crippen LogP contribution in [0.25, 0.3) is 11.2 Å². The maximum atomic E-state index is 15.8. The number of nitrogen functional groups attached to an aromatic ring is 1. The van der Waals surface area contributed by atoms with E-state index in [0.29, 0.717) is 5.52 Å². The van der Waals surface area contributed by atoms with Gasteiger partial charge in [-0.15, -0.1) is 0 Å². The van der Waals surface area contributed by atoms with Crippen LogP contribution in [0.4, 0.5) is 10.3 Å². The summed E-state index contributed by atoms with van der Waals surface area (Å²) in [6.45, 7) is 4.51. The highest BCUT2D eigenvalue weighted by atomic mass is 31.2. The first-order valence-corrected chi connectivity index (χ1v) is 10.1. The number of imidazole rings is 1. The van der Waals surface area contributed by atoms with Gasteiger partial charge in [-0.05, 0) is 20.8 Å². The van der Waals surface area contributed by atoms with Gasteiger partial charge in [0.2, 0.25) is 11.8 Å². The van der Waals surface area contributed by atoms with Gasteiger partial charge in [-0.2, -0.15) is 9.97 Å². The Balaban J connectivity index is 1.71. The number of hydrogen-bond donors (Lipinski definition) is 1. The molecule has 0 amide bonds. The van der Waals surface area contributed by atoms with E-state index >= 15 is 4.39 Å². The molecule has 0 bridgehead atoms. The number of rotatable bonds is 4. The SMILES string of the molecule is COc1nc(N)nc2c1ncn2[C@@H]1O[C@@H]2COP(=O)(OC(C)C)O[C@H]2[C@@]1(C)F. The third-order valence-corrected chi connectivity index (χ3v) is 6.14. The molecule has 4 rings (SSSR count). The van der Waals surface area contributed by atoms with Gasteiger partial charge >= 0.3 is 7.82 Å². The summed E-state index contributed by atoms with van der Waals surface area (Å²) in [6, 6.07) is 0. The predicted molar refractivity (Wildman–Crippen MR) is 94.4 cm³/mol. The highest BCUT2D eigenvalue weighted by Gasteiger charge is 2.61. The standard InChI is InChI=1S/C15H21FN5O6P/c1-7(2)26-28(22)24-5-8-10(27-28)15(3,16)13(25-8)21-6-18-9-11(21)19-14(17)20-12(9)23-4/h6-8,10,13H,5H2,1-4H3,(H2,17,19,20)/t8-,10-,13-,15-,28?/m1/s1. The van der Waals surface area contributed by atoms with E-state index < -0.39 is 38.0 Å². The molecule has 2 aromatic heterocycles. The first-order chi connectivity index (χ1) is 13.1. The zero-order valence-corrected chi connectivity index (χ0v) is 16.6. The monoisotopic (exact) mass is 417 g/mol. The summed E-state index contributed by atoms with van der Waals surface area (Å²) >= 11 is 0. The van der Waals surface area contributed by atoms with Crippen LogP contribution < -0.4 is 10.5 Å². The molecule has 5 atom stereocenters. The van der Waals surface area contributed by atoms with Gasteiger partial charge in [0, 0.05) is 0 Å². The number of phosphoric acid groups is 1. The van der Waals surface area contributed by atoms with Crippen molar-refractivity contribution < 1.29 is 32.0 Å². The maximum absolute atomic E-state index is 15.8. The number of anilines is 1. The van der Waals surface area contributed by atoms with E-state index in [2.05, 4.69) is 15.0 Å². The van der Waals surface area contributed by atoms with Crippen LogP contribution in [-0.4, -0.2) is 57.2 Å². The molecule has 2 aromatic rings. The fourth-order valence-corrected chi connectivity index (χ4v) is 5.01. The van der Waals surface area contributed by atoms with Crippen molar-refractivity contribution in [3.8, 4) is 5.88 Å². The number of methoxy groups -OCH3 is 1. The number of ether oxygens (including phenoxy) is 2. The molecule has 0 aliphatic carbocycles. The van der Waals surface area contributed by atoms with Gasteiger partial charge in [0.15, 0.2) is 23.1 Å². The number of halogens is 1. The van der Waals surface area contributed by atoms with Crippen LogP contribution in [0.15, 0.2) is 6.33 Å². The molecular weight excluding hydrogens is 396 g/mol. The van der Waals surface area contributed by atoms with Crippen molar-refractivity contribution in [1.82, 2.24) is 19.5 Å². The highest BCUT2D eigenvalue weighted by molar-refractivity contribution is 7.48. The van der Waals surface area contributed by atoms with Gasteiger partial charge in [0.1, 0.15) is 12.2 Å². The van der Waals surface area contributed by atoms with Crippen molar-refractivity contribution in [3.05, 3.63) is 6.33 Å². The fourth-order valence-electron chi connectivity index (χ4n) is 3.38. The van der Waals surface area contributed by atoms with Crippen LogP contribution in [0.1, 0.15) is 27.0 Å². The number of fused-ring (bicyclic) bond motifs is 2. The lowest BCUT2D eigenvalue weighted by Gasteiger charge is -2.34. The van der Waals surface area contributed by atoms with Gasteiger partial charge in [0.25, 0.3) is 0 Å². The van der Waals surface area contributed by atoms with Gasteiger partial charge in [-0.3, -0.25) is 18.1 Å². The quantitative estimate of drug-likeness (QED) is 0.736. The van der Waals surface area contributed by atoms with E-state index in [1.54, 1.807) is 13.8 Å². The predicted octanol–water partition coefficient (Wildman–Crippen LogP) is 1.99. The van der Waals surface area contributed by atoms with E-state index in [0.717, 1.165) is 0 Å². The average molecular weight is 417 g/mol. The van der Waals surface area contributed by atoms with E-state index in [1.807, 2.05) is 0 Å². The molecule has 0 aromatic carbocycles. The molecule has 154 valence electrons. The first-order valence-electron chi connectivity index (χ1n) is 8.64. The number of hydrogen-bond acceptors (Lipinski definition) is 10. The van der Waals surface area contributed by atoms with Crippen molar-refractivity contribution in [2.24, 2.45) is 0 Å². The molecule has 4 heterocycles. The molecule has 2 fully saturated rings. The molecule has 0 spiro atoms. The van der Waals surface area contributed by atoms with Gasteiger partial charge < -0.3 is 15.2 Å². The lowest BCUT2D eigenvalue weighted by atomic mass is 9.98. The molecule has 2 aliphatic rings. The van der Waals surface area contributed by atoms with Gasteiger partial charge in [0.05, 0.1) is 26.1 Å². The van der Waals surface area contributed by atoms with Crippen LogP contribution in [0.3, 0.4) is 0 Å². The number of nitrogens with zero attached hydrogens (tertiary/aromatic N) is 4.